The maximum atomic E-state index is 12.5. The zero-order valence-corrected chi connectivity index (χ0v) is 12.5. The van der Waals surface area contributed by atoms with Crippen molar-refractivity contribution in [3.63, 3.8) is 0 Å². The maximum Gasteiger partial charge on any atom is 0.248 e. The van der Waals surface area contributed by atoms with Gasteiger partial charge in [-0.05, 0) is 31.9 Å². The summed E-state index contributed by atoms with van der Waals surface area (Å²) in [5.74, 6) is 0.702. The van der Waals surface area contributed by atoms with Crippen molar-refractivity contribution in [3.05, 3.63) is 29.8 Å². The number of benzene rings is 1. The Morgan fingerprint density at radius 3 is 2.95 bits per heavy atom. The van der Waals surface area contributed by atoms with Gasteiger partial charge in [-0.25, -0.2) is 0 Å². The van der Waals surface area contributed by atoms with E-state index >= 15 is 0 Å². The molecule has 2 fully saturated rings. The van der Waals surface area contributed by atoms with Gasteiger partial charge in [0.2, 0.25) is 11.8 Å². The zero-order chi connectivity index (χ0) is 14.3. The molecule has 1 aromatic carbocycles. The smallest absolute Gasteiger partial charge is 0.248 e. The summed E-state index contributed by atoms with van der Waals surface area (Å²) in [5.41, 5.74) is 1.85. The van der Waals surface area contributed by atoms with Gasteiger partial charge in [-0.1, -0.05) is 18.2 Å². The van der Waals surface area contributed by atoms with E-state index in [0.29, 0.717) is 12.2 Å². The van der Waals surface area contributed by atoms with Gasteiger partial charge in [-0.15, -0.1) is 11.8 Å². The standard InChI is InChI=1S/C15H18N2O2S/c1-10-5-3-4-6-11(10)16-14(19)12-9-20-15(2)8-7-13(18)17(12)15/h3-6,12H,7-9H2,1-2H3,(H,16,19). The summed E-state index contributed by atoms with van der Waals surface area (Å²) in [5, 5.41) is 2.96. The van der Waals surface area contributed by atoms with Crippen LogP contribution in [0, 0.1) is 6.92 Å². The first-order chi connectivity index (χ1) is 9.51. The van der Waals surface area contributed by atoms with Crippen molar-refractivity contribution < 1.29 is 9.59 Å². The number of fused-ring (bicyclic) bond motifs is 1. The number of para-hydroxylation sites is 1. The van der Waals surface area contributed by atoms with Gasteiger partial charge in [0.05, 0.1) is 4.87 Å². The number of nitrogens with one attached hydrogen (secondary N) is 1. The maximum absolute atomic E-state index is 12.5. The third-order valence-corrected chi connectivity index (χ3v) is 5.66. The van der Waals surface area contributed by atoms with Gasteiger partial charge in [0.1, 0.15) is 6.04 Å². The first kappa shape index (κ1) is 13.5. The Morgan fingerprint density at radius 2 is 2.20 bits per heavy atom. The average molecular weight is 290 g/mol. The predicted octanol–water partition coefficient (Wildman–Crippen LogP) is 2.39. The van der Waals surface area contributed by atoms with Gasteiger partial charge in [0.15, 0.2) is 0 Å². The van der Waals surface area contributed by atoms with Crippen LogP contribution in [0.5, 0.6) is 0 Å². The molecule has 2 unspecified atom stereocenters. The number of rotatable bonds is 2. The fourth-order valence-electron chi connectivity index (χ4n) is 2.94. The Morgan fingerprint density at radius 1 is 1.45 bits per heavy atom. The van der Waals surface area contributed by atoms with Crippen LogP contribution in [0.3, 0.4) is 0 Å². The highest BCUT2D eigenvalue weighted by Crippen LogP contribution is 2.47. The summed E-state index contributed by atoms with van der Waals surface area (Å²) in [6, 6.07) is 7.35. The molecule has 2 saturated heterocycles. The average Bonchev–Trinajstić information content (AvgIpc) is 2.90. The molecule has 0 spiro atoms. The van der Waals surface area contributed by atoms with E-state index in [1.54, 1.807) is 16.7 Å². The Kier molecular flexibility index (Phi) is 3.24. The number of amides is 2. The third kappa shape index (κ3) is 2.10. The molecule has 106 valence electrons. The first-order valence-corrected chi connectivity index (χ1v) is 7.82. The number of carbonyl (C=O) groups excluding carboxylic acids is 2. The van der Waals surface area contributed by atoms with Crippen LogP contribution in [0.15, 0.2) is 24.3 Å². The molecule has 1 N–H and O–H groups in total. The Balaban J connectivity index is 1.79. The van der Waals surface area contributed by atoms with Crippen LogP contribution < -0.4 is 5.32 Å². The van der Waals surface area contributed by atoms with Crippen LogP contribution in [0.1, 0.15) is 25.3 Å². The lowest BCUT2D eigenvalue weighted by Crippen LogP contribution is -2.48. The highest BCUT2D eigenvalue weighted by Gasteiger charge is 2.52. The van der Waals surface area contributed by atoms with Crippen LogP contribution in [0.4, 0.5) is 5.69 Å². The minimum atomic E-state index is -0.348. The van der Waals surface area contributed by atoms with Gasteiger partial charge >= 0.3 is 0 Å². The van der Waals surface area contributed by atoms with Crippen molar-refractivity contribution in [1.29, 1.82) is 0 Å². The zero-order valence-electron chi connectivity index (χ0n) is 11.7. The van der Waals surface area contributed by atoms with Crippen LogP contribution in [0.2, 0.25) is 0 Å². The lowest BCUT2D eigenvalue weighted by atomic mass is 10.1. The van der Waals surface area contributed by atoms with E-state index in [9.17, 15) is 9.59 Å². The van der Waals surface area contributed by atoms with Crippen molar-refractivity contribution in [1.82, 2.24) is 4.90 Å². The summed E-state index contributed by atoms with van der Waals surface area (Å²) >= 11 is 1.71. The van der Waals surface area contributed by atoms with E-state index in [-0.39, 0.29) is 22.7 Å². The summed E-state index contributed by atoms with van der Waals surface area (Å²) in [4.78, 5) is 26.1. The molecule has 2 heterocycles. The normalized spacial score (nSPS) is 28.6. The number of nitrogens with zero attached hydrogens (tertiary/aromatic N) is 1. The molecule has 0 radical (unpaired) electrons. The molecule has 20 heavy (non-hydrogen) atoms. The number of thioether (sulfide) groups is 1. The molecule has 0 saturated carbocycles. The lowest BCUT2D eigenvalue weighted by Gasteiger charge is -2.29. The second-order valence-corrected chi connectivity index (χ2v) is 7.07. The van der Waals surface area contributed by atoms with Crippen molar-refractivity contribution in [2.75, 3.05) is 11.1 Å². The Hall–Kier alpha value is -1.49. The molecule has 1 aromatic rings. The van der Waals surface area contributed by atoms with Gasteiger partial charge in [0.25, 0.3) is 0 Å². The quantitative estimate of drug-likeness (QED) is 0.910. The van der Waals surface area contributed by atoms with Gasteiger partial charge in [0, 0.05) is 17.9 Å². The molecule has 0 bridgehead atoms. The molecule has 4 nitrogen and oxygen atoms in total. The van der Waals surface area contributed by atoms with Crippen LogP contribution in [-0.4, -0.2) is 33.4 Å². The minimum Gasteiger partial charge on any atom is -0.324 e. The number of carbonyl (C=O) groups is 2. The number of anilines is 1. The molecular weight excluding hydrogens is 272 g/mol. The second-order valence-electron chi connectivity index (χ2n) is 5.57. The fourth-order valence-corrected chi connectivity index (χ4v) is 4.38. The summed E-state index contributed by atoms with van der Waals surface area (Å²) in [7, 11) is 0. The predicted molar refractivity (Wildman–Crippen MR) is 80.5 cm³/mol. The van der Waals surface area contributed by atoms with Gasteiger partial charge < -0.3 is 10.2 Å². The van der Waals surface area contributed by atoms with E-state index in [1.165, 1.54) is 0 Å². The molecule has 2 aliphatic rings. The van der Waals surface area contributed by atoms with Crippen molar-refractivity contribution in [2.24, 2.45) is 0 Å². The van der Waals surface area contributed by atoms with Crippen molar-refractivity contribution >= 4 is 29.3 Å². The highest BCUT2D eigenvalue weighted by atomic mass is 32.2. The molecular formula is C15H18N2O2S. The largest absolute Gasteiger partial charge is 0.324 e. The summed E-state index contributed by atoms with van der Waals surface area (Å²) in [6.45, 7) is 4.02. The van der Waals surface area contributed by atoms with Crippen LogP contribution in [0.25, 0.3) is 0 Å². The summed E-state index contributed by atoms with van der Waals surface area (Å²) in [6.07, 6.45) is 1.39. The van der Waals surface area contributed by atoms with Gasteiger partial charge in [-0.3, -0.25) is 9.59 Å². The van der Waals surface area contributed by atoms with Crippen molar-refractivity contribution in [3.8, 4) is 0 Å². The first-order valence-electron chi connectivity index (χ1n) is 6.84. The topological polar surface area (TPSA) is 49.4 Å². The van der Waals surface area contributed by atoms with E-state index in [1.807, 2.05) is 31.2 Å². The molecule has 0 aromatic heterocycles. The molecule has 2 atom stereocenters. The van der Waals surface area contributed by atoms with E-state index < -0.39 is 0 Å². The monoisotopic (exact) mass is 290 g/mol. The molecule has 3 rings (SSSR count). The third-order valence-electron chi connectivity index (χ3n) is 4.15. The lowest BCUT2D eigenvalue weighted by molar-refractivity contribution is -0.135. The minimum absolute atomic E-state index is 0.0780. The Bertz CT molecular complexity index is 575. The summed E-state index contributed by atoms with van der Waals surface area (Å²) < 4.78 is 0. The number of hydrogen-bond acceptors (Lipinski definition) is 3. The van der Waals surface area contributed by atoms with E-state index in [2.05, 4.69) is 12.2 Å². The fraction of sp³-hybridized carbons (Fsp3) is 0.467. The SMILES string of the molecule is Cc1ccccc1NC(=O)C1CSC2(C)CCC(=O)N12. The number of aryl methyl sites for hydroxylation is 1. The molecule has 2 amide bonds. The highest BCUT2D eigenvalue weighted by molar-refractivity contribution is 8.01. The second kappa shape index (κ2) is 4.81. The van der Waals surface area contributed by atoms with E-state index in [0.717, 1.165) is 17.7 Å². The van der Waals surface area contributed by atoms with Gasteiger partial charge in [-0.2, -0.15) is 0 Å². The van der Waals surface area contributed by atoms with Crippen LogP contribution in [-0.2, 0) is 9.59 Å². The Labute approximate surface area is 122 Å². The van der Waals surface area contributed by atoms with E-state index in [4.69, 9.17) is 0 Å². The molecule has 2 aliphatic heterocycles. The molecule has 5 heteroatoms. The molecule has 0 aliphatic carbocycles. The number of hydrogen-bond donors (Lipinski definition) is 1. The van der Waals surface area contributed by atoms with Crippen molar-refractivity contribution in [2.45, 2.75) is 37.6 Å². The van der Waals surface area contributed by atoms with Crippen LogP contribution >= 0.6 is 11.8 Å².